The van der Waals surface area contributed by atoms with E-state index in [1.165, 1.54) is 18.6 Å². The molecule has 0 bridgehead atoms. The average molecular weight is 446 g/mol. The van der Waals surface area contributed by atoms with Gasteiger partial charge < -0.3 is 10.1 Å². The number of sulfonamides is 1. The zero-order valence-electron chi connectivity index (χ0n) is 17.9. The van der Waals surface area contributed by atoms with Gasteiger partial charge in [0.15, 0.2) is 0 Å². The summed E-state index contributed by atoms with van der Waals surface area (Å²) in [5, 5.41) is 2.99. The summed E-state index contributed by atoms with van der Waals surface area (Å²) in [6.07, 6.45) is 3.63. The highest BCUT2D eigenvalue weighted by molar-refractivity contribution is 7.89. The van der Waals surface area contributed by atoms with Crippen LogP contribution in [-0.4, -0.2) is 52.5 Å². The fourth-order valence-corrected chi connectivity index (χ4v) is 4.85. The first-order valence-corrected chi connectivity index (χ1v) is 12.2. The third kappa shape index (κ3) is 6.78. The Labute approximate surface area is 184 Å². The Morgan fingerprint density at radius 1 is 1.03 bits per heavy atom. The van der Waals surface area contributed by atoms with E-state index in [0.29, 0.717) is 6.54 Å². The standard InChI is InChI=1S/C23H31N3O4S/c1-30-20-12-10-19(11-13-20)22(26-16-6-3-7-17-26)18-24-23(27)14-15-25-31(28,29)21-8-4-2-5-9-21/h2,4-5,8-13,22,25H,3,6-7,14-18H2,1H3,(H,24,27)/t22-/m1/s1. The van der Waals surface area contributed by atoms with Crippen LogP contribution in [0.25, 0.3) is 0 Å². The van der Waals surface area contributed by atoms with Crippen LogP contribution in [0.4, 0.5) is 0 Å². The first kappa shape index (κ1) is 23.2. The molecule has 1 atom stereocenters. The van der Waals surface area contributed by atoms with Gasteiger partial charge >= 0.3 is 0 Å². The number of amides is 1. The van der Waals surface area contributed by atoms with Crippen molar-refractivity contribution in [3.05, 3.63) is 60.2 Å². The number of benzene rings is 2. The molecule has 1 heterocycles. The van der Waals surface area contributed by atoms with Gasteiger partial charge in [0.05, 0.1) is 18.0 Å². The number of hydrogen-bond donors (Lipinski definition) is 2. The third-order valence-corrected chi connectivity index (χ3v) is 7.00. The number of carbonyl (C=O) groups is 1. The molecule has 2 N–H and O–H groups in total. The van der Waals surface area contributed by atoms with Gasteiger partial charge in [0, 0.05) is 19.5 Å². The van der Waals surface area contributed by atoms with Crippen LogP contribution in [0, 0.1) is 0 Å². The smallest absolute Gasteiger partial charge is 0.240 e. The molecule has 0 unspecified atom stereocenters. The molecule has 0 saturated carbocycles. The maximum atomic E-state index is 12.4. The van der Waals surface area contributed by atoms with Crippen molar-refractivity contribution in [2.75, 3.05) is 33.3 Å². The zero-order valence-corrected chi connectivity index (χ0v) is 18.7. The Bertz CT molecular complexity index is 927. The highest BCUT2D eigenvalue weighted by Crippen LogP contribution is 2.25. The lowest BCUT2D eigenvalue weighted by molar-refractivity contribution is -0.121. The predicted octanol–water partition coefficient (Wildman–Crippen LogP) is 2.71. The molecule has 2 aromatic rings. The lowest BCUT2D eigenvalue weighted by Gasteiger charge is -2.35. The number of rotatable bonds is 10. The van der Waals surface area contributed by atoms with Crippen molar-refractivity contribution in [3.63, 3.8) is 0 Å². The number of nitrogens with zero attached hydrogens (tertiary/aromatic N) is 1. The maximum absolute atomic E-state index is 12.4. The zero-order chi connectivity index (χ0) is 22.1. The van der Waals surface area contributed by atoms with Gasteiger partial charge in [0.25, 0.3) is 0 Å². The summed E-state index contributed by atoms with van der Waals surface area (Å²) in [7, 11) is -1.96. The van der Waals surface area contributed by atoms with Gasteiger partial charge in [-0.25, -0.2) is 13.1 Å². The molecule has 0 spiro atoms. The molecule has 1 aliphatic rings. The van der Waals surface area contributed by atoms with E-state index in [0.717, 1.165) is 37.2 Å². The summed E-state index contributed by atoms with van der Waals surface area (Å²) in [6, 6.07) is 16.2. The van der Waals surface area contributed by atoms with Gasteiger partial charge in [-0.05, 0) is 55.8 Å². The van der Waals surface area contributed by atoms with Crippen LogP contribution in [-0.2, 0) is 14.8 Å². The van der Waals surface area contributed by atoms with Crippen LogP contribution in [0.3, 0.4) is 0 Å². The Morgan fingerprint density at radius 3 is 2.35 bits per heavy atom. The van der Waals surface area contributed by atoms with E-state index < -0.39 is 10.0 Å². The number of nitrogens with one attached hydrogen (secondary N) is 2. The van der Waals surface area contributed by atoms with Crippen LogP contribution in [0.5, 0.6) is 5.75 Å². The molecule has 8 heteroatoms. The largest absolute Gasteiger partial charge is 0.497 e. The molecule has 1 saturated heterocycles. The van der Waals surface area contributed by atoms with Crippen LogP contribution in [0.15, 0.2) is 59.5 Å². The number of piperidine rings is 1. The first-order valence-electron chi connectivity index (χ1n) is 10.7. The highest BCUT2D eigenvalue weighted by Gasteiger charge is 2.23. The molecule has 0 aliphatic carbocycles. The molecule has 3 rings (SSSR count). The molecular weight excluding hydrogens is 414 g/mol. The molecular formula is C23H31N3O4S. The lowest BCUT2D eigenvalue weighted by atomic mass is 10.0. The van der Waals surface area contributed by atoms with Gasteiger partial charge in [-0.1, -0.05) is 36.8 Å². The molecule has 168 valence electrons. The van der Waals surface area contributed by atoms with Crippen LogP contribution >= 0.6 is 0 Å². The van der Waals surface area contributed by atoms with E-state index in [4.69, 9.17) is 4.74 Å². The molecule has 31 heavy (non-hydrogen) atoms. The molecule has 1 aliphatic heterocycles. The summed E-state index contributed by atoms with van der Waals surface area (Å²) >= 11 is 0. The Kier molecular flexibility index (Phi) is 8.45. The first-order chi connectivity index (χ1) is 15.0. The van der Waals surface area contributed by atoms with Crippen molar-refractivity contribution in [1.82, 2.24) is 14.9 Å². The summed E-state index contributed by atoms with van der Waals surface area (Å²) in [4.78, 5) is 15.0. The van der Waals surface area contributed by atoms with E-state index in [-0.39, 0.29) is 29.8 Å². The van der Waals surface area contributed by atoms with Crippen molar-refractivity contribution in [2.45, 2.75) is 36.6 Å². The SMILES string of the molecule is COc1ccc([C@@H](CNC(=O)CCNS(=O)(=O)c2ccccc2)N2CCCCC2)cc1. The topological polar surface area (TPSA) is 87.7 Å². The predicted molar refractivity (Wildman–Crippen MR) is 120 cm³/mol. The second-order valence-corrected chi connectivity index (χ2v) is 9.42. The van der Waals surface area contributed by atoms with E-state index in [1.807, 2.05) is 24.3 Å². The van der Waals surface area contributed by atoms with Crippen molar-refractivity contribution in [1.29, 1.82) is 0 Å². The number of carbonyl (C=O) groups excluding carboxylic acids is 1. The minimum Gasteiger partial charge on any atom is -0.497 e. The Morgan fingerprint density at radius 2 is 1.71 bits per heavy atom. The van der Waals surface area contributed by atoms with E-state index in [1.54, 1.807) is 25.3 Å². The number of methoxy groups -OCH3 is 1. The van der Waals surface area contributed by atoms with E-state index in [9.17, 15) is 13.2 Å². The normalized spacial score (nSPS) is 15.9. The molecule has 1 amide bonds. The van der Waals surface area contributed by atoms with Gasteiger partial charge in [-0.3, -0.25) is 9.69 Å². The molecule has 0 radical (unpaired) electrons. The van der Waals surface area contributed by atoms with Gasteiger partial charge in [-0.15, -0.1) is 0 Å². The quantitative estimate of drug-likeness (QED) is 0.587. The van der Waals surface area contributed by atoms with Crippen LogP contribution in [0.2, 0.25) is 0 Å². The van der Waals surface area contributed by atoms with Crippen LogP contribution in [0.1, 0.15) is 37.3 Å². The Hall–Kier alpha value is -2.42. The lowest BCUT2D eigenvalue weighted by Crippen LogP contribution is -2.41. The Balaban J connectivity index is 1.54. The minimum absolute atomic E-state index is 0.0555. The fourth-order valence-electron chi connectivity index (χ4n) is 3.79. The summed E-state index contributed by atoms with van der Waals surface area (Å²) in [5.41, 5.74) is 1.13. The van der Waals surface area contributed by atoms with E-state index in [2.05, 4.69) is 14.9 Å². The second kappa shape index (κ2) is 11.3. The van der Waals surface area contributed by atoms with Crippen molar-refractivity contribution >= 4 is 15.9 Å². The van der Waals surface area contributed by atoms with Gasteiger partial charge in [-0.2, -0.15) is 0 Å². The summed E-state index contributed by atoms with van der Waals surface area (Å²) < 4.78 is 32.3. The third-order valence-electron chi connectivity index (χ3n) is 5.52. The summed E-state index contributed by atoms with van der Waals surface area (Å²) in [5.74, 6) is 0.627. The van der Waals surface area contributed by atoms with Crippen LogP contribution < -0.4 is 14.8 Å². The molecule has 2 aromatic carbocycles. The highest BCUT2D eigenvalue weighted by atomic mass is 32.2. The number of hydrogen-bond acceptors (Lipinski definition) is 5. The van der Waals surface area contributed by atoms with Crippen molar-refractivity contribution in [3.8, 4) is 5.75 Å². The van der Waals surface area contributed by atoms with E-state index >= 15 is 0 Å². The monoisotopic (exact) mass is 445 g/mol. The van der Waals surface area contributed by atoms with Crippen molar-refractivity contribution in [2.24, 2.45) is 0 Å². The summed E-state index contributed by atoms with van der Waals surface area (Å²) in [6.45, 7) is 2.55. The van der Waals surface area contributed by atoms with Gasteiger partial charge in [0.2, 0.25) is 15.9 Å². The van der Waals surface area contributed by atoms with Gasteiger partial charge in [0.1, 0.15) is 5.75 Å². The average Bonchev–Trinajstić information content (AvgIpc) is 2.81. The molecule has 1 fully saturated rings. The molecule has 0 aromatic heterocycles. The fraction of sp³-hybridized carbons (Fsp3) is 0.435. The maximum Gasteiger partial charge on any atom is 0.240 e. The number of likely N-dealkylation sites (tertiary alicyclic amines) is 1. The second-order valence-electron chi connectivity index (χ2n) is 7.65. The minimum atomic E-state index is -3.60. The van der Waals surface area contributed by atoms with Crippen molar-refractivity contribution < 1.29 is 17.9 Å². The molecule has 7 nitrogen and oxygen atoms in total. The number of ether oxygens (including phenoxy) is 1.